The SMILES string of the molecule is CNc1cc(N)c(C2CCN(C)CC2)cc1OC. The number of methoxy groups -OCH3 is 1. The molecule has 0 atom stereocenters. The topological polar surface area (TPSA) is 50.5 Å². The fraction of sp³-hybridized carbons (Fsp3) is 0.571. The Labute approximate surface area is 109 Å². The summed E-state index contributed by atoms with van der Waals surface area (Å²) in [6.45, 7) is 2.28. The summed E-state index contributed by atoms with van der Waals surface area (Å²) in [6, 6.07) is 4.07. The Hall–Kier alpha value is -1.42. The summed E-state index contributed by atoms with van der Waals surface area (Å²) in [6.07, 6.45) is 2.34. The van der Waals surface area contributed by atoms with Crippen LogP contribution in [0.5, 0.6) is 5.75 Å². The van der Waals surface area contributed by atoms with Gasteiger partial charge in [0.1, 0.15) is 5.75 Å². The zero-order valence-corrected chi connectivity index (χ0v) is 11.5. The molecule has 0 aromatic heterocycles. The molecular formula is C14H23N3O. The molecule has 1 fully saturated rings. The number of hydrogen-bond acceptors (Lipinski definition) is 4. The zero-order chi connectivity index (χ0) is 13.1. The van der Waals surface area contributed by atoms with Gasteiger partial charge in [-0.15, -0.1) is 0 Å². The van der Waals surface area contributed by atoms with Gasteiger partial charge in [-0.2, -0.15) is 0 Å². The third-order valence-corrected chi connectivity index (χ3v) is 3.83. The van der Waals surface area contributed by atoms with Crippen LogP contribution in [0, 0.1) is 0 Å². The van der Waals surface area contributed by atoms with Crippen molar-refractivity contribution in [3.63, 3.8) is 0 Å². The zero-order valence-electron chi connectivity index (χ0n) is 11.5. The Balaban J connectivity index is 2.27. The average Bonchev–Trinajstić information content (AvgIpc) is 2.39. The normalized spacial score (nSPS) is 17.7. The molecule has 4 nitrogen and oxygen atoms in total. The molecule has 18 heavy (non-hydrogen) atoms. The van der Waals surface area contributed by atoms with Gasteiger partial charge in [-0.25, -0.2) is 0 Å². The lowest BCUT2D eigenvalue weighted by molar-refractivity contribution is 0.255. The number of ether oxygens (including phenoxy) is 1. The van der Waals surface area contributed by atoms with Gasteiger partial charge >= 0.3 is 0 Å². The van der Waals surface area contributed by atoms with Gasteiger partial charge in [-0.05, 0) is 56.6 Å². The number of piperidine rings is 1. The van der Waals surface area contributed by atoms with Gasteiger partial charge < -0.3 is 20.7 Å². The lowest BCUT2D eigenvalue weighted by Crippen LogP contribution is -2.29. The molecule has 1 aliphatic heterocycles. The number of rotatable bonds is 3. The molecule has 0 amide bonds. The van der Waals surface area contributed by atoms with E-state index in [2.05, 4.69) is 23.3 Å². The molecular weight excluding hydrogens is 226 g/mol. The molecule has 100 valence electrons. The van der Waals surface area contributed by atoms with E-state index < -0.39 is 0 Å². The first-order valence-electron chi connectivity index (χ1n) is 6.49. The van der Waals surface area contributed by atoms with Crippen LogP contribution in [0.4, 0.5) is 11.4 Å². The standard InChI is InChI=1S/C14H23N3O/c1-16-13-9-12(15)11(8-14(13)18-3)10-4-6-17(2)7-5-10/h8-10,16H,4-7,15H2,1-3H3. The summed E-state index contributed by atoms with van der Waals surface area (Å²) in [7, 11) is 5.75. The number of nitrogen functional groups attached to an aromatic ring is 1. The van der Waals surface area contributed by atoms with Crippen LogP contribution in [-0.2, 0) is 0 Å². The van der Waals surface area contributed by atoms with Gasteiger partial charge in [-0.1, -0.05) is 0 Å². The van der Waals surface area contributed by atoms with Crippen molar-refractivity contribution < 1.29 is 4.74 Å². The number of nitrogens with two attached hydrogens (primary N) is 1. The Morgan fingerprint density at radius 2 is 2.00 bits per heavy atom. The van der Waals surface area contributed by atoms with E-state index in [-0.39, 0.29) is 0 Å². The Bertz CT molecular complexity index is 412. The molecule has 0 aliphatic carbocycles. The minimum Gasteiger partial charge on any atom is -0.495 e. The van der Waals surface area contributed by atoms with Crippen LogP contribution < -0.4 is 15.8 Å². The third-order valence-electron chi connectivity index (χ3n) is 3.83. The molecule has 3 N–H and O–H groups in total. The van der Waals surface area contributed by atoms with Gasteiger partial charge in [0, 0.05) is 12.7 Å². The molecule has 1 aromatic rings. The van der Waals surface area contributed by atoms with Crippen molar-refractivity contribution in [2.45, 2.75) is 18.8 Å². The van der Waals surface area contributed by atoms with Crippen LogP contribution in [0.15, 0.2) is 12.1 Å². The molecule has 0 spiro atoms. The van der Waals surface area contributed by atoms with Gasteiger partial charge in [0.2, 0.25) is 0 Å². The van der Waals surface area contributed by atoms with E-state index in [1.165, 1.54) is 18.4 Å². The van der Waals surface area contributed by atoms with Crippen LogP contribution in [0.2, 0.25) is 0 Å². The molecule has 1 saturated heterocycles. The van der Waals surface area contributed by atoms with Crippen LogP contribution >= 0.6 is 0 Å². The molecule has 1 aromatic carbocycles. The van der Waals surface area contributed by atoms with Crippen LogP contribution in [0.25, 0.3) is 0 Å². The van der Waals surface area contributed by atoms with Crippen molar-refractivity contribution in [3.8, 4) is 5.75 Å². The van der Waals surface area contributed by atoms with Crippen LogP contribution in [0.3, 0.4) is 0 Å². The highest BCUT2D eigenvalue weighted by Gasteiger charge is 2.21. The first-order valence-corrected chi connectivity index (χ1v) is 6.49. The van der Waals surface area contributed by atoms with Gasteiger partial charge in [0.05, 0.1) is 12.8 Å². The van der Waals surface area contributed by atoms with Crippen LogP contribution in [0.1, 0.15) is 24.3 Å². The highest BCUT2D eigenvalue weighted by molar-refractivity contribution is 5.67. The van der Waals surface area contributed by atoms with Gasteiger partial charge in [-0.3, -0.25) is 0 Å². The summed E-state index contributed by atoms with van der Waals surface area (Å²) in [4.78, 5) is 2.37. The summed E-state index contributed by atoms with van der Waals surface area (Å²) >= 11 is 0. The fourth-order valence-corrected chi connectivity index (χ4v) is 2.65. The Morgan fingerprint density at radius 1 is 1.33 bits per heavy atom. The highest BCUT2D eigenvalue weighted by atomic mass is 16.5. The molecule has 1 aliphatic rings. The third kappa shape index (κ3) is 2.53. The van der Waals surface area contributed by atoms with Crippen LogP contribution in [-0.4, -0.2) is 39.2 Å². The van der Waals surface area contributed by atoms with Crippen molar-refractivity contribution in [2.75, 3.05) is 45.3 Å². The maximum atomic E-state index is 6.18. The average molecular weight is 249 g/mol. The fourth-order valence-electron chi connectivity index (χ4n) is 2.65. The predicted octanol–water partition coefficient (Wildman–Crippen LogP) is 2.13. The second-order valence-electron chi connectivity index (χ2n) is 5.01. The second-order valence-corrected chi connectivity index (χ2v) is 5.01. The molecule has 0 radical (unpaired) electrons. The van der Waals surface area contributed by atoms with E-state index in [0.29, 0.717) is 5.92 Å². The first kappa shape index (κ1) is 13.0. The smallest absolute Gasteiger partial charge is 0.142 e. The summed E-state index contributed by atoms with van der Waals surface area (Å²) in [5.41, 5.74) is 9.23. The van der Waals surface area contributed by atoms with E-state index in [1.54, 1.807) is 7.11 Å². The maximum absolute atomic E-state index is 6.18. The Morgan fingerprint density at radius 3 is 2.56 bits per heavy atom. The van der Waals surface area contributed by atoms with Crippen molar-refractivity contribution in [1.82, 2.24) is 4.90 Å². The van der Waals surface area contributed by atoms with E-state index in [4.69, 9.17) is 10.5 Å². The van der Waals surface area contributed by atoms with E-state index in [0.717, 1.165) is 30.2 Å². The van der Waals surface area contributed by atoms with Crippen molar-refractivity contribution >= 4 is 11.4 Å². The molecule has 0 bridgehead atoms. The molecule has 0 saturated carbocycles. The van der Waals surface area contributed by atoms with Gasteiger partial charge in [0.25, 0.3) is 0 Å². The maximum Gasteiger partial charge on any atom is 0.142 e. The minimum absolute atomic E-state index is 0.556. The number of nitrogens with zero attached hydrogens (tertiary/aromatic N) is 1. The number of benzene rings is 1. The number of likely N-dealkylation sites (tertiary alicyclic amines) is 1. The first-order chi connectivity index (χ1) is 8.65. The lowest BCUT2D eigenvalue weighted by Gasteiger charge is -2.30. The Kier molecular flexibility index (Phi) is 3.97. The number of hydrogen-bond donors (Lipinski definition) is 2. The monoisotopic (exact) mass is 249 g/mol. The molecule has 4 heteroatoms. The van der Waals surface area contributed by atoms with Gasteiger partial charge in [0.15, 0.2) is 0 Å². The second kappa shape index (κ2) is 5.48. The van der Waals surface area contributed by atoms with E-state index >= 15 is 0 Å². The van der Waals surface area contributed by atoms with Crippen molar-refractivity contribution in [1.29, 1.82) is 0 Å². The molecule has 1 heterocycles. The minimum atomic E-state index is 0.556. The summed E-state index contributed by atoms with van der Waals surface area (Å²) in [5, 5.41) is 3.11. The van der Waals surface area contributed by atoms with Crippen molar-refractivity contribution in [3.05, 3.63) is 17.7 Å². The number of anilines is 2. The summed E-state index contributed by atoms with van der Waals surface area (Å²) < 4.78 is 5.42. The highest BCUT2D eigenvalue weighted by Crippen LogP contribution is 2.37. The molecule has 2 rings (SSSR count). The number of nitrogens with one attached hydrogen (secondary N) is 1. The van der Waals surface area contributed by atoms with Crippen molar-refractivity contribution in [2.24, 2.45) is 0 Å². The van der Waals surface area contributed by atoms with E-state index in [9.17, 15) is 0 Å². The predicted molar refractivity (Wildman–Crippen MR) is 76.4 cm³/mol. The lowest BCUT2D eigenvalue weighted by atomic mass is 9.88. The molecule has 0 unspecified atom stereocenters. The largest absolute Gasteiger partial charge is 0.495 e. The van der Waals surface area contributed by atoms with E-state index in [1.807, 2.05) is 13.1 Å². The quantitative estimate of drug-likeness (QED) is 0.806. The summed E-state index contributed by atoms with van der Waals surface area (Å²) in [5.74, 6) is 1.43.